The van der Waals surface area contributed by atoms with Crippen molar-refractivity contribution in [1.29, 1.82) is 0 Å². The Labute approximate surface area is 140 Å². The lowest BCUT2D eigenvalue weighted by atomic mass is 10.2. The molecule has 23 heavy (non-hydrogen) atoms. The standard InChI is InChI=1S/C17H23N3O2S/c1-12-9-20(10-13(2)22-12)11-16(21)18-8-7-17-19-14-5-3-4-6-15(14)23-17/h3-6,12-13H,7-11H2,1-2H3,(H,18,21)/t12-,13+. The maximum absolute atomic E-state index is 12.1. The van der Waals surface area contributed by atoms with Gasteiger partial charge in [0.25, 0.3) is 0 Å². The molecule has 6 heteroatoms. The second kappa shape index (κ2) is 7.38. The van der Waals surface area contributed by atoms with Crippen LogP contribution in [0.5, 0.6) is 0 Å². The van der Waals surface area contributed by atoms with Gasteiger partial charge in [0.1, 0.15) is 0 Å². The maximum Gasteiger partial charge on any atom is 0.234 e. The van der Waals surface area contributed by atoms with Crippen LogP contribution in [0.15, 0.2) is 24.3 Å². The van der Waals surface area contributed by atoms with Crippen LogP contribution < -0.4 is 5.32 Å². The van der Waals surface area contributed by atoms with E-state index in [1.165, 1.54) is 4.70 Å². The molecule has 0 unspecified atom stereocenters. The molecule has 3 rings (SSSR count). The number of fused-ring (bicyclic) bond motifs is 1. The lowest BCUT2D eigenvalue weighted by Crippen LogP contribution is -2.49. The van der Waals surface area contributed by atoms with Crippen LogP contribution in [0.4, 0.5) is 0 Å². The van der Waals surface area contributed by atoms with Crippen LogP contribution in [0.3, 0.4) is 0 Å². The molecule has 2 atom stereocenters. The highest BCUT2D eigenvalue weighted by atomic mass is 32.1. The average Bonchev–Trinajstić information content (AvgIpc) is 2.88. The molecular formula is C17H23N3O2S. The molecule has 5 nitrogen and oxygen atoms in total. The Kier molecular flexibility index (Phi) is 5.25. The highest BCUT2D eigenvalue weighted by molar-refractivity contribution is 7.18. The molecule has 124 valence electrons. The highest BCUT2D eigenvalue weighted by Gasteiger charge is 2.23. The molecule has 0 spiro atoms. The quantitative estimate of drug-likeness (QED) is 0.910. The normalized spacial score (nSPS) is 22.3. The van der Waals surface area contributed by atoms with Crippen molar-refractivity contribution in [3.8, 4) is 0 Å². The molecule has 1 aliphatic heterocycles. The number of para-hydroxylation sites is 1. The second-order valence-corrected chi connectivity index (χ2v) is 7.24. The smallest absolute Gasteiger partial charge is 0.234 e. The minimum absolute atomic E-state index is 0.0763. The number of amides is 1. The van der Waals surface area contributed by atoms with Crippen molar-refractivity contribution >= 4 is 27.5 Å². The van der Waals surface area contributed by atoms with E-state index >= 15 is 0 Å². The molecule has 0 bridgehead atoms. The van der Waals surface area contributed by atoms with Gasteiger partial charge in [0, 0.05) is 26.1 Å². The van der Waals surface area contributed by atoms with E-state index in [1.807, 2.05) is 32.0 Å². The van der Waals surface area contributed by atoms with Crippen molar-refractivity contribution in [2.45, 2.75) is 32.5 Å². The molecule has 1 aromatic carbocycles. The minimum Gasteiger partial charge on any atom is -0.373 e. The maximum atomic E-state index is 12.1. The van der Waals surface area contributed by atoms with Crippen molar-refractivity contribution in [1.82, 2.24) is 15.2 Å². The van der Waals surface area contributed by atoms with E-state index in [0.29, 0.717) is 13.1 Å². The van der Waals surface area contributed by atoms with Crippen LogP contribution in [0, 0.1) is 0 Å². The largest absolute Gasteiger partial charge is 0.373 e. The topological polar surface area (TPSA) is 54.5 Å². The minimum atomic E-state index is 0.0763. The summed E-state index contributed by atoms with van der Waals surface area (Å²) in [5.41, 5.74) is 1.04. The monoisotopic (exact) mass is 333 g/mol. The molecule has 1 fully saturated rings. The van der Waals surface area contributed by atoms with Crippen LogP contribution in [-0.4, -0.2) is 54.2 Å². The predicted molar refractivity (Wildman–Crippen MR) is 92.8 cm³/mol. The number of carbonyl (C=O) groups excluding carboxylic acids is 1. The summed E-state index contributed by atoms with van der Waals surface area (Å²) < 4.78 is 6.88. The van der Waals surface area contributed by atoms with Gasteiger partial charge in [0.05, 0.1) is 34.0 Å². The number of hydrogen-bond acceptors (Lipinski definition) is 5. The number of nitrogens with zero attached hydrogens (tertiary/aromatic N) is 2. The fourth-order valence-corrected chi connectivity index (χ4v) is 3.98. The molecule has 0 saturated carbocycles. The Balaban J connectivity index is 1.44. The number of rotatable bonds is 5. The molecule has 1 aliphatic rings. The summed E-state index contributed by atoms with van der Waals surface area (Å²) in [5.74, 6) is 0.0763. The summed E-state index contributed by atoms with van der Waals surface area (Å²) in [6.45, 7) is 6.80. The van der Waals surface area contributed by atoms with Crippen LogP contribution in [0.1, 0.15) is 18.9 Å². The predicted octanol–water partition coefficient (Wildman–Crippen LogP) is 2.06. The number of hydrogen-bond donors (Lipinski definition) is 1. The van der Waals surface area contributed by atoms with E-state index in [1.54, 1.807) is 11.3 Å². The number of morpholine rings is 1. The van der Waals surface area contributed by atoms with Crippen molar-refractivity contribution in [2.75, 3.05) is 26.2 Å². The molecular weight excluding hydrogens is 310 g/mol. The first-order valence-electron chi connectivity index (χ1n) is 8.09. The second-order valence-electron chi connectivity index (χ2n) is 6.13. The van der Waals surface area contributed by atoms with Gasteiger partial charge in [-0.2, -0.15) is 0 Å². The SMILES string of the molecule is C[C@@H]1CN(CC(=O)NCCc2nc3ccccc3s2)C[C@H](C)O1. The first-order chi connectivity index (χ1) is 11.1. The zero-order valence-corrected chi connectivity index (χ0v) is 14.4. The third-order valence-electron chi connectivity index (χ3n) is 3.86. The zero-order chi connectivity index (χ0) is 16.2. The van der Waals surface area contributed by atoms with Gasteiger partial charge in [-0.3, -0.25) is 9.69 Å². The molecule has 1 aromatic heterocycles. The lowest BCUT2D eigenvalue weighted by Gasteiger charge is -2.34. The van der Waals surface area contributed by atoms with Gasteiger partial charge in [0.2, 0.25) is 5.91 Å². The van der Waals surface area contributed by atoms with Gasteiger partial charge in [-0.15, -0.1) is 11.3 Å². The number of ether oxygens (including phenoxy) is 1. The van der Waals surface area contributed by atoms with Gasteiger partial charge in [-0.25, -0.2) is 4.98 Å². The number of carbonyl (C=O) groups is 1. The van der Waals surface area contributed by atoms with E-state index in [9.17, 15) is 4.79 Å². The van der Waals surface area contributed by atoms with Crippen molar-refractivity contribution in [3.63, 3.8) is 0 Å². The summed E-state index contributed by atoms with van der Waals surface area (Å²) in [5, 5.41) is 4.07. The van der Waals surface area contributed by atoms with Crippen molar-refractivity contribution in [2.24, 2.45) is 0 Å². The highest BCUT2D eigenvalue weighted by Crippen LogP contribution is 2.21. The number of thiazole rings is 1. The van der Waals surface area contributed by atoms with Crippen LogP contribution >= 0.6 is 11.3 Å². The molecule has 1 amide bonds. The molecule has 1 saturated heterocycles. The summed E-state index contributed by atoms with van der Waals surface area (Å²) in [4.78, 5) is 18.8. The first kappa shape index (κ1) is 16.4. The third-order valence-corrected chi connectivity index (χ3v) is 4.96. The van der Waals surface area contributed by atoms with Gasteiger partial charge in [-0.05, 0) is 26.0 Å². The molecule has 2 aromatic rings. The Hall–Kier alpha value is -1.50. The summed E-state index contributed by atoms with van der Waals surface area (Å²) in [7, 11) is 0. The Morgan fingerprint density at radius 2 is 2.09 bits per heavy atom. The van der Waals surface area contributed by atoms with Gasteiger partial charge >= 0.3 is 0 Å². The van der Waals surface area contributed by atoms with Crippen LogP contribution in [0.25, 0.3) is 10.2 Å². The summed E-state index contributed by atoms with van der Waals surface area (Å²) in [6, 6.07) is 8.12. The number of benzene rings is 1. The molecule has 0 aliphatic carbocycles. The van der Waals surface area contributed by atoms with Gasteiger partial charge in [0.15, 0.2) is 0 Å². The summed E-state index contributed by atoms with van der Waals surface area (Å²) in [6.07, 6.45) is 1.16. The summed E-state index contributed by atoms with van der Waals surface area (Å²) >= 11 is 1.70. The lowest BCUT2D eigenvalue weighted by molar-refractivity contribution is -0.125. The van der Waals surface area contributed by atoms with E-state index in [0.717, 1.165) is 30.0 Å². The van der Waals surface area contributed by atoms with Gasteiger partial charge in [-0.1, -0.05) is 12.1 Å². The van der Waals surface area contributed by atoms with Crippen molar-refractivity contribution in [3.05, 3.63) is 29.3 Å². The van der Waals surface area contributed by atoms with Crippen LogP contribution in [-0.2, 0) is 16.0 Å². The first-order valence-corrected chi connectivity index (χ1v) is 8.91. The third kappa shape index (κ3) is 4.50. The van der Waals surface area contributed by atoms with Crippen molar-refractivity contribution < 1.29 is 9.53 Å². The fourth-order valence-electron chi connectivity index (χ4n) is 3.01. The Morgan fingerprint density at radius 1 is 1.35 bits per heavy atom. The van der Waals surface area contributed by atoms with E-state index < -0.39 is 0 Å². The van der Waals surface area contributed by atoms with E-state index in [2.05, 4.69) is 21.3 Å². The molecule has 1 N–H and O–H groups in total. The average molecular weight is 333 g/mol. The van der Waals surface area contributed by atoms with Gasteiger partial charge < -0.3 is 10.1 Å². The number of aromatic nitrogens is 1. The Morgan fingerprint density at radius 3 is 2.83 bits per heavy atom. The van der Waals surface area contributed by atoms with E-state index in [-0.39, 0.29) is 18.1 Å². The Bertz CT molecular complexity index is 630. The number of nitrogens with one attached hydrogen (secondary N) is 1. The molecule has 0 radical (unpaired) electrons. The molecule has 2 heterocycles. The zero-order valence-electron chi connectivity index (χ0n) is 13.6. The van der Waals surface area contributed by atoms with E-state index in [4.69, 9.17) is 4.74 Å². The van der Waals surface area contributed by atoms with Crippen LogP contribution in [0.2, 0.25) is 0 Å². The fraction of sp³-hybridized carbons (Fsp3) is 0.529.